The fourth-order valence-electron chi connectivity index (χ4n) is 2.92. The molecule has 4 atom stereocenters. The van der Waals surface area contributed by atoms with Crippen LogP contribution in [-0.4, -0.2) is 25.1 Å². The second-order valence-corrected chi connectivity index (χ2v) is 5.43. The third-order valence-corrected chi connectivity index (χ3v) is 4.13. The number of ether oxygens (including phenoxy) is 2. The van der Waals surface area contributed by atoms with Crippen LogP contribution in [0.25, 0.3) is 0 Å². The molecule has 0 amide bonds. The Labute approximate surface area is 114 Å². The minimum Gasteiger partial charge on any atom is -0.497 e. The van der Waals surface area contributed by atoms with Crippen molar-refractivity contribution in [2.45, 2.75) is 39.4 Å². The lowest BCUT2D eigenvalue weighted by molar-refractivity contribution is -0.124. The number of carbonyl (C=O) groups is 1. The Hall–Kier alpha value is -1.35. The third kappa shape index (κ3) is 2.98. The fraction of sp³-hybridized carbons (Fsp3) is 0.562. The van der Waals surface area contributed by atoms with Crippen LogP contribution in [0.3, 0.4) is 0 Å². The molecular formula is C16H22O3. The Morgan fingerprint density at radius 1 is 1.26 bits per heavy atom. The van der Waals surface area contributed by atoms with E-state index in [1.54, 1.807) is 7.11 Å². The molecule has 0 saturated carbocycles. The molecule has 4 unspecified atom stereocenters. The summed E-state index contributed by atoms with van der Waals surface area (Å²) in [7, 11) is 1.64. The molecule has 1 aliphatic rings. The number of hydrogen-bond donors (Lipinski definition) is 0. The molecule has 0 radical (unpaired) electrons. The average molecular weight is 262 g/mol. The first kappa shape index (κ1) is 14.1. The number of rotatable bonds is 4. The quantitative estimate of drug-likeness (QED) is 0.837. The molecule has 0 bridgehead atoms. The van der Waals surface area contributed by atoms with Crippen LogP contribution in [0.1, 0.15) is 26.3 Å². The maximum atomic E-state index is 12.5. The topological polar surface area (TPSA) is 35.5 Å². The first-order valence-electron chi connectivity index (χ1n) is 6.84. The van der Waals surface area contributed by atoms with Gasteiger partial charge >= 0.3 is 0 Å². The standard InChI is InChI=1S/C16H22O3/c1-10-11(2)19-12(3)16(10)15(17)9-13-6-5-7-14(8-13)18-4/h5-8,10-12,16H,9H2,1-4H3. The van der Waals surface area contributed by atoms with Gasteiger partial charge in [0.1, 0.15) is 11.5 Å². The van der Waals surface area contributed by atoms with Gasteiger partial charge in [0.25, 0.3) is 0 Å². The van der Waals surface area contributed by atoms with E-state index >= 15 is 0 Å². The highest BCUT2D eigenvalue weighted by atomic mass is 16.5. The van der Waals surface area contributed by atoms with Crippen molar-refractivity contribution in [2.24, 2.45) is 11.8 Å². The van der Waals surface area contributed by atoms with Gasteiger partial charge in [-0.1, -0.05) is 19.1 Å². The molecule has 104 valence electrons. The third-order valence-electron chi connectivity index (χ3n) is 4.13. The molecule has 2 rings (SSSR count). The second-order valence-electron chi connectivity index (χ2n) is 5.43. The van der Waals surface area contributed by atoms with Crippen LogP contribution in [0.15, 0.2) is 24.3 Å². The number of ketones is 1. The fourth-order valence-corrected chi connectivity index (χ4v) is 2.92. The Balaban J connectivity index is 2.08. The van der Waals surface area contributed by atoms with Crippen molar-refractivity contribution in [3.8, 4) is 5.75 Å². The summed E-state index contributed by atoms with van der Waals surface area (Å²) in [5, 5.41) is 0. The first-order chi connectivity index (χ1) is 9.02. The highest BCUT2D eigenvalue weighted by Crippen LogP contribution is 2.33. The van der Waals surface area contributed by atoms with E-state index in [0.717, 1.165) is 11.3 Å². The zero-order valence-corrected chi connectivity index (χ0v) is 12.1. The van der Waals surface area contributed by atoms with Crippen LogP contribution in [0.5, 0.6) is 5.75 Å². The summed E-state index contributed by atoms with van der Waals surface area (Å²) in [6.07, 6.45) is 0.629. The number of benzene rings is 1. The van der Waals surface area contributed by atoms with Gasteiger partial charge in [-0.25, -0.2) is 0 Å². The van der Waals surface area contributed by atoms with Gasteiger partial charge in [0, 0.05) is 12.3 Å². The molecular weight excluding hydrogens is 240 g/mol. The molecule has 1 heterocycles. The summed E-state index contributed by atoms with van der Waals surface area (Å²) in [4.78, 5) is 12.5. The maximum absolute atomic E-state index is 12.5. The Morgan fingerprint density at radius 2 is 2.00 bits per heavy atom. The summed E-state index contributed by atoms with van der Waals surface area (Å²) in [6.45, 7) is 6.14. The maximum Gasteiger partial charge on any atom is 0.143 e. The summed E-state index contributed by atoms with van der Waals surface area (Å²) in [5.41, 5.74) is 1.00. The summed E-state index contributed by atoms with van der Waals surface area (Å²) in [6, 6.07) is 7.70. The minimum atomic E-state index is 0.00111. The predicted octanol–water partition coefficient (Wildman–Crippen LogP) is 2.87. The van der Waals surface area contributed by atoms with E-state index < -0.39 is 0 Å². The van der Waals surface area contributed by atoms with Crippen LogP contribution in [0.4, 0.5) is 0 Å². The van der Waals surface area contributed by atoms with Crippen molar-refractivity contribution in [1.82, 2.24) is 0 Å². The Kier molecular flexibility index (Phi) is 4.25. The van der Waals surface area contributed by atoms with Gasteiger partial charge in [0.2, 0.25) is 0 Å². The van der Waals surface area contributed by atoms with Gasteiger partial charge < -0.3 is 9.47 Å². The number of methoxy groups -OCH3 is 1. The largest absolute Gasteiger partial charge is 0.497 e. The van der Waals surface area contributed by atoms with Crippen molar-refractivity contribution < 1.29 is 14.3 Å². The van der Waals surface area contributed by atoms with Crippen LogP contribution >= 0.6 is 0 Å². The van der Waals surface area contributed by atoms with Gasteiger partial charge in [0.15, 0.2) is 0 Å². The molecule has 1 saturated heterocycles. The molecule has 0 spiro atoms. The van der Waals surface area contributed by atoms with Crippen LogP contribution < -0.4 is 4.74 Å². The molecule has 19 heavy (non-hydrogen) atoms. The smallest absolute Gasteiger partial charge is 0.143 e. The molecule has 1 fully saturated rings. The average Bonchev–Trinajstić information content (AvgIpc) is 2.63. The van der Waals surface area contributed by atoms with Gasteiger partial charge in [-0.3, -0.25) is 4.79 Å². The van der Waals surface area contributed by atoms with E-state index in [1.807, 2.05) is 38.1 Å². The van der Waals surface area contributed by atoms with E-state index in [4.69, 9.17) is 9.47 Å². The molecule has 3 heteroatoms. The predicted molar refractivity (Wildman–Crippen MR) is 74.4 cm³/mol. The molecule has 3 nitrogen and oxygen atoms in total. The van der Waals surface area contributed by atoms with E-state index in [9.17, 15) is 4.79 Å². The molecule has 1 aromatic carbocycles. The summed E-state index contributed by atoms with van der Waals surface area (Å²) < 4.78 is 10.9. The SMILES string of the molecule is COc1cccc(CC(=O)C2C(C)OC(C)C2C)c1. The lowest BCUT2D eigenvalue weighted by Crippen LogP contribution is -2.28. The van der Waals surface area contributed by atoms with E-state index in [0.29, 0.717) is 6.42 Å². The van der Waals surface area contributed by atoms with Gasteiger partial charge in [-0.2, -0.15) is 0 Å². The minimum absolute atomic E-state index is 0.00111. The van der Waals surface area contributed by atoms with Crippen molar-refractivity contribution >= 4 is 5.78 Å². The number of Topliss-reactive ketones (excluding diaryl/α,β-unsaturated/α-hetero) is 1. The van der Waals surface area contributed by atoms with E-state index in [2.05, 4.69) is 6.92 Å². The lowest BCUT2D eigenvalue weighted by atomic mass is 9.84. The van der Waals surface area contributed by atoms with Gasteiger partial charge in [-0.05, 0) is 37.5 Å². The Bertz CT molecular complexity index is 455. The molecule has 1 aromatic rings. The van der Waals surface area contributed by atoms with Crippen molar-refractivity contribution in [2.75, 3.05) is 7.11 Å². The highest BCUT2D eigenvalue weighted by molar-refractivity contribution is 5.84. The lowest BCUT2D eigenvalue weighted by Gasteiger charge is -2.17. The number of hydrogen-bond acceptors (Lipinski definition) is 3. The molecule has 1 aliphatic heterocycles. The monoisotopic (exact) mass is 262 g/mol. The molecule has 0 N–H and O–H groups in total. The van der Waals surface area contributed by atoms with E-state index in [-0.39, 0.29) is 29.8 Å². The van der Waals surface area contributed by atoms with Crippen molar-refractivity contribution in [3.63, 3.8) is 0 Å². The van der Waals surface area contributed by atoms with Crippen molar-refractivity contribution in [3.05, 3.63) is 29.8 Å². The Morgan fingerprint density at radius 3 is 2.58 bits per heavy atom. The van der Waals surface area contributed by atoms with Crippen LogP contribution in [0, 0.1) is 11.8 Å². The second kappa shape index (κ2) is 5.74. The zero-order chi connectivity index (χ0) is 14.0. The highest BCUT2D eigenvalue weighted by Gasteiger charge is 2.40. The van der Waals surface area contributed by atoms with Crippen LogP contribution in [0.2, 0.25) is 0 Å². The van der Waals surface area contributed by atoms with Crippen LogP contribution in [-0.2, 0) is 16.0 Å². The van der Waals surface area contributed by atoms with Gasteiger partial charge in [0.05, 0.1) is 19.3 Å². The molecule has 0 aliphatic carbocycles. The van der Waals surface area contributed by atoms with Crippen molar-refractivity contribution in [1.29, 1.82) is 0 Å². The number of carbonyl (C=O) groups excluding carboxylic acids is 1. The first-order valence-corrected chi connectivity index (χ1v) is 6.84. The zero-order valence-electron chi connectivity index (χ0n) is 12.1. The van der Waals surface area contributed by atoms with Gasteiger partial charge in [-0.15, -0.1) is 0 Å². The normalized spacial score (nSPS) is 30.3. The summed E-state index contributed by atoms with van der Waals surface area (Å²) >= 11 is 0. The molecule has 0 aromatic heterocycles. The van der Waals surface area contributed by atoms with E-state index in [1.165, 1.54) is 0 Å². The summed E-state index contributed by atoms with van der Waals surface area (Å²) in [5.74, 6) is 1.34.